The number of nitrogens with one attached hydrogen (secondary N) is 1. The summed E-state index contributed by atoms with van der Waals surface area (Å²) in [6.45, 7) is 4.12. The Morgan fingerprint density at radius 2 is 1.53 bits per heavy atom. The van der Waals surface area contributed by atoms with Crippen LogP contribution < -0.4 is 9.62 Å². The Morgan fingerprint density at radius 1 is 0.900 bits per heavy atom. The molecule has 0 spiro atoms. The number of rotatable bonds is 8. The number of anilines is 2. The molecule has 0 aliphatic heterocycles. The summed E-state index contributed by atoms with van der Waals surface area (Å²) < 4.78 is 27.3. The van der Waals surface area contributed by atoms with E-state index in [1.54, 1.807) is 73.3 Å². The summed E-state index contributed by atoms with van der Waals surface area (Å²) in [7, 11) is -3.67. The van der Waals surface area contributed by atoms with Crippen LogP contribution in [0.5, 0.6) is 0 Å². The van der Waals surface area contributed by atoms with Crippen molar-refractivity contribution in [2.75, 3.05) is 21.9 Å². The van der Waals surface area contributed by atoms with Crippen LogP contribution >= 0.6 is 11.8 Å². The van der Waals surface area contributed by atoms with Gasteiger partial charge in [0.15, 0.2) is 0 Å². The number of hydrogen-bond acceptors (Lipinski definition) is 4. The van der Waals surface area contributed by atoms with Crippen LogP contribution in [0.1, 0.15) is 24.2 Å². The fourth-order valence-electron chi connectivity index (χ4n) is 3.04. The zero-order valence-electron chi connectivity index (χ0n) is 16.9. The molecule has 7 heteroatoms. The number of carbonyl (C=O) groups is 1. The Balaban J connectivity index is 1.81. The quantitative estimate of drug-likeness (QED) is 0.485. The van der Waals surface area contributed by atoms with Gasteiger partial charge in [-0.3, -0.25) is 9.10 Å². The number of thioether (sulfide) groups is 1. The molecule has 0 heterocycles. The number of sulfonamides is 1. The van der Waals surface area contributed by atoms with E-state index in [-0.39, 0.29) is 17.3 Å². The van der Waals surface area contributed by atoms with Crippen molar-refractivity contribution in [1.82, 2.24) is 0 Å². The summed E-state index contributed by atoms with van der Waals surface area (Å²) >= 11 is 1.66. The standard InChI is InChI=1S/C23H24N2O3S2/c1-3-25(30(27,28)20-10-6-5-7-11-20)19-16-14-18(15-17-19)23(26)24-21-12-8-9-13-22(21)29-4-2/h5-17H,3-4H2,1-2H3,(H,24,26). The van der Waals surface area contributed by atoms with Crippen molar-refractivity contribution in [1.29, 1.82) is 0 Å². The number of amides is 1. The predicted molar refractivity (Wildman–Crippen MR) is 124 cm³/mol. The molecule has 3 rings (SSSR count). The van der Waals surface area contributed by atoms with Crippen LogP contribution in [0.15, 0.2) is 88.7 Å². The van der Waals surface area contributed by atoms with Crippen molar-refractivity contribution in [3.63, 3.8) is 0 Å². The lowest BCUT2D eigenvalue weighted by Gasteiger charge is -2.23. The van der Waals surface area contributed by atoms with E-state index in [1.807, 2.05) is 24.3 Å². The average molecular weight is 441 g/mol. The van der Waals surface area contributed by atoms with Gasteiger partial charge in [0.05, 0.1) is 16.3 Å². The molecule has 3 aromatic rings. The third kappa shape index (κ3) is 4.86. The maximum atomic E-state index is 13.0. The monoisotopic (exact) mass is 440 g/mol. The maximum absolute atomic E-state index is 13.0. The molecule has 0 bridgehead atoms. The minimum atomic E-state index is -3.67. The van der Waals surface area contributed by atoms with Crippen LogP contribution in [0.3, 0.4) is 0 Å². The van der Waals surface area contributed by atoms with Gasteiger partial charge in [-0.2, -0.15) is 0 Å². The van der Waals surface area contributed by atoms with Gasteiger partial charge >= 0.3 is 0 Å². The van der Waals surface area contributed by atoms with E-state index in [1.165, 1.54) is 4.31 Å². The largest absolute Gasteiger partial charge is 0.321 e. The number of benzene rings is 3. The Labute approximate surface area is 182 Å². The Kier molecular flexibility index (Phi) is 7.18. The van der Waals surface area contributed by atoms with Gasteiger partial charge in [-0.15, -0.1) is 11.8 Å². The molecule has 1 N–H and O–H groups in total. The van der Waals surface area contributed by atoms with Crippen LogP contribution in [0.2, 0.25) is 0 Å². The van der Waals surface area contributed by atoms with Gasteiger partial charge in [0.2, 0.25) is 0 Å². The predicted octanol–water partition coefficient (Wildman–Crippen LogP) is 5.27. The van der Waals surface area contributed by atoms with Crippen LogP contribution in [0, 0.1) is 0 Å². The first-order valence-electron chi connectivity index (χ1n) is 9.68. The van der Waals surface area contributed by atoms with Crippen LogP contribution in [0.4, 0.5) is 11.4 Å². The summed E-state index contributed by atoms with van der Waals surface area (Å²) in [5, 5.41) is 2.94. The average Bonchev–Trinajstić information content (AvgIpc) is 2.76. The first-order chi connectivity index (χ1) is 14.5. The van der Waals surface area contributed by atoms with Gasteiger partial charge in [-0.1, -0.05) is 37.3 Å². The normalized spacial score (nSPS) is 11.1. The van der Waals surface area contributed by atoms with Crippen molar-refractivity contribution in [3.05, 3.63) is 84.4 Å². The molecule has 5 nitrogen and oxygen atoms in total. The van der Waals surface area contributed by atoms with E-state index in [2.05, 4.69) is 12.2 Å². The summed E-state index contributed by atoms with van der Waals surface area (Å²) in [5.74, 6) is 0.671. The van der Waals surface area contributed by atoms with Crippen molar-refractivity contribution < 1.29 is 13.2 Å². The number of hydrogen-bond donors (Lipinski definition) is 1. The molecule has 0 aliphatic rings. The molecule has 0 unspecified atom stereocenters. The molecule has 30 heavy (non-hydrogen) atoms. The summed E-state index contributed by atoms with van der Waals surface area (Å²) in [5.41, 5.74) is 1.74. The highest BCUT2D eigenvalue weighted by molar-refractivity contribution is 7.99. The van der Waals surface area contributed by atoms with Crippen molar-refractivity contribution in [2.45, 2.75) is 23.6 Å². The zero-order valence-corrected chi connectivity index (χ0v) is 18.5. The molecule has 0 atom stereocenters. The lowest BCUT2D eigenvalue weighted by molar-refractivity contribution is 0.102. The van der Waals surface area contributed by atoms with E-state index in [0.717, 1.165) is 16.3 Å². The third-order valence-electron chi connectivity index (χ3n) is 4.47. The smallest absolute Gasteiger partial charge is 0.264 e. The zero-order chi connectivity index (χ0) is 21.6. The van der Waals surface area contributed by atoms with Gasteiger partial charge in [-0.25, -0.2) is 8.42 Å². The second-order valence-electron chi connectivity index (χ2n) is 6.41. The topological polar surface area (TPSA) is 66.5 Å². The van der Waals surface area contributed by atoms with Crippen LogP contribution in [-0.2, 0) is 10.0 Å². The minimum absolute atomic E-state index is 0.235. The molecule has 156 valence electrons. The minimum Gasteiger partial charge on any atom is -0.321 e. The van der Waals surface area contributed by atoms with Crippen LogP contribution in [-0.4, -0.2) is 26.6 Å². The second kappa shape index (κ2) is 9.82. The van der Waals surface area contributed by atoms with E-state index in [9.17, 15) is 13.2 Å². The molecule has 3 aromatic carbocycles. The molecule has 0 aromatic heterocycles. The Morgan fingerprint density at radius 3 is 2.17 bits per heavy atom. The lowest BCUT2D eigenvalue weighted by atomic mass is 10.2. The van der Waals surface area contributed by atoms with Crippen LogP contribution in [0.25, 0.3) is 0 Å². The van der Waals surface area contributed by atoms with Gasteiger partial charge in [-0.05, 0) is 61.2 Å². The number of para-hydroxylation sites is 1. The second-order valence-corrected chi connectivity index (χ2v) is 9.58. The van der Waals surface area contributed by atoms with Gasteiger partial charge in [0.25, 0.3) is 15.9 Å². The van der Waals surface area contributed by atoms with E-state index in [0.29, 0.717) is 11.3 Å². The highest BCUT2D eigenvalue weighted by Crippen LogP contribution is 2.28. The molecular weight excluding hydrogens is 416 g/mol. The molecule has 0 saturated carbocycles. The Hall–Kier alpha value is -2.77. The van der Waals surface area contributed by atoms with E-state index in [4.69, 9.17) is 0 Å². The van der Waals surface area contributed by atoms with Crippen molar-refractivity contribution >= 4 is 39.1 Å². The summed E-state index contributed by atoms with van der Waals surface area (Å²) in [6.07, 6.45) is 0. The number of carbonyl (C=O) groups excluding carboxylic acids is 1. The molecule has 1 amide bonds. The Bertz CT molecular complexity index is 1100. The van der Waals surface area contributed by atoms with Crippen molar-refractivity contribution in [3.8, 4) is 0 Å². The van der Waals surface area contributed by atoms with Gasteiger partial charge in [0, 0.05) is 17.0 Å². The molecule has 0 radical (unpaired) electrons. The number of nitrogens with zero attached hydrogens (tertiary/aromatic N) is 1. The van der Waals surface area contributed by atoms with Gasteiger partial charge < -0.3 is 5.32 Å². The summed E-state index contributed by atoms with van der Waals surface area (Å²) in [6, 6.07) is 22.6. The van der Waals surface area contributed by atoms with Crippen molar-refractivity contribution in [2.24, 2.45) is 0 Å². The first kappa shape index (κ1) is 21.9. The highest BCUT2D eigenvalue weighted by atomic mass is 32.2. The third-order valence-corrected chi connectivity index (χ3v) is 7.34. The molecule has 0 aliphatic carbocycles. The van der Waals surface area contributed by atoms with Gasteiger partial charge in [0.1, 0.15) is 0 Å². The van der Waals surface area contributed by atoms with E-state index < -0.39 is 10.0 Å². The fraction of sp³-hybridized carbons (Fsp3) is 0.174. The fourth-order valence-corrected chi connectivity index (χ4v) is 5.29. The summed E-state index contributed by atoms with van der Waals surface area (Å²) in [4.78, 5) is 13.9. The lowest BCUT2D eigenvalue weighted by Crippen LogP contribution is -2.30. The molecule has 0 fully saturated rings. The molecular formula is C23H24N2O3S2. The highest BCUT2D eigenvalue weighted by Gasteiger charge is 2.23. The van der Waals surface area contributed by atoms with E-state index >= 15 is 0 Å². The first-order valence-corrected chi connectivity index (χ1v) is 12.1. The molecule has 0 saturated heterocycles. The maximum Gasteiger partial charge on any atom is 0.264 e. The SMILES string of the molecule is CCSc1ccccc1NC(=O)c1ccc(N(CC)S(=O)(=O)c2ccccc2)cc1.